The lowest BCUT2D eigenvalue weighted by Crippen LogP contribution is -2.01. The van der Waals surface area contributed by atoms with Crippen molar-refractivity contribution in [2.75, 3.05) is 13.7 Å². The van der Waals surface area contributed by atoms with Crippen LogP contribution >= 0.6 is 0 Å². The summed E-state index contributed by atoms with van der Waals surface area (Å²) in [6.45, 7) is 7.77. The Labute approximate surface area is 113 Å². The molecule has 3 heteroatoms. The first kappa shape index (κ1) is 14.8. The molecule has 1 aromatic rings. The molecule has 0 aliphatic heterocycles. The smallest absolute Gasteiger partial charge is 0.165 e. The predicted octanol–water partition coefficient (Wildman–Crippen LogP) is 3.20. The second-order valence-electron chi connectivity index (χ2n) is 3.80. The van der Waals surface area contributed by atoms with Crippen LogP contribution in [0.15, 0.2) is 43.5 Å². The molecule has 0 amide bonds. The summed E-state index contributed by atoms with van der Waals surface area (Å²) < 4.78 is 11.0. The number of carbonyl (C=O) groups is 1. The summed E-state index contributed by atoms with van der Waals surface area (Å²) in [4.78, 5) is 10.4. The number of hydrogen-bond donors (Lipinski definition) is 0. The summed E-state index contributed by atoms with van der Waals surface area (Å²) >= 11 is 0. The van der Waals surface area contributed by atoms with Crippen LogP contribution in [0.5, 0.6) is 11.5 Å². The number of carbonyl (C=O) groups excluding carboxylic acids is 1. The van der Waals surface area contributed by atoms with Crippen molar-refractivity contribution in [2.45, 2.75) is 6.42 Å². The van der Waals surface area contributed by atoms with E-state index in [1.54, 1.807) is 25.3 Å². The van der Waals surface area contributed by atoms with Gasteiger partial charge in [0.1, 0.15) is 12.9 Å². The third kappa shape index (κ3) is 4.14. The van der Waals surface area contributed by atoms with Gasteiger partial charge in [-0.3, -0.25) is 4.79 Å². The van der Waals surface area contributed by atoms with Gasteiger partial charge in [0.15, 0.2) is 11.5 Å². The zero-order chi connectivity index (χ0) is 14.1. The lowest BCUT2D eigenvalue weighted by Gasteiger charge is -2.14. The predicted molar refractivity (Wildman–Crippen MR) is 77.7 cm³/mol. The molecule has 0 saturated heterocycles. The van der Waals surface area contributed by atoms with Crippen LogP contribution in [0.1, 0.15) is 11.1 Å². The van der Waals surface area contributed by atoms with Crippen LogP contribution in [0.2, 0.25) is 0 Å². The lowest BCUT2D eigenvalue weighted by molar-refractivity contribution is -0.104. The van der Waals surface area contributed by atoms with Gasteiger partial charge in [0, 0.05) is 5.56 Å². The highest BCUT2D eigenvalue weighted by Gasteiger charge is 2.11. The zero-order valence-corrected chi connectivity index (χ0v) is 11.1. The van der Waals surface area contributed by atoms with Crippen molar-refractivity contribution in [3.63, 3.8) is 0 Å². The zero-order valence-electron chi connectivity index (χ0n) is 11.1. The average molecular weight is 258 g/mol. The maximum atomic E-state index is 10.4. The van der Waals surface area contributed by atoms with Crippen molar-refractivity contribution in [1.29, 1.82) is 0 Å². The molecule has 0 aliphatic carbocycles. The summed E-state index contributed by atoms with van der Waals surface area (Å²) in [6, 6.07) is 3.77. The molecule has 0 N–H and O–H groups in total. The van der Waals surface area contributed by atoms with Gasteiger partial charge in [-0.1, -0.05) is 24.8 Å². The summed E-state index contributed by atoms with van der Waals surface area (Å²) in [6.07, 6.45) is 8.03. The highest BCUT2D eigenvalue weighted by atomic mass is 16.5. The number of aldehydes is 1. The maximum Gasteiger partial charge on any atom is 0.165 e. The quantitative estimate of drug-likeness (QED) is 0.408. The molecule has 1 aromatic carbocycles. The summed E-state index contributed by atoms with van der Waals surface area (Å²) in [5.41, 5.74) is 1.84. The standard InChI is InChI=1S/C16H18O3/c1-4-7-14-11-13(8-6-9-17)12-15(18-3)16(14)19-10-5-2/h4-6,8-9,11-12H,1-2,7,10H2,3H3/b8-6+. The molecule has 0 atom stereocenters. The van der Waals surface area contributed by atoms with E-state index in [1.807, 2.05) is 12.1 Å². The van der Waals surface area contributed by atoms with Gasteiger partial charge in [-0.05, 0) is 30.2 Å². The van der Waals surface area contributed by atoms with Crippen molar-refractivity contribution in [3.05, 3.63) is 54.6 Å². The van der Waals surface area contributed by atoms with Gasteiger partial charge in [-0.15, -0.1) is 6.58 Å². The molecular formula is C16H18O3. The van der Waals surface area contributed by atoms with Crippen LogP contribution in [-0.2, 0) is 11.2 Å². The minimum atomic E-state index is 0.407. The fourth-order valence-corrected chi connectivity index (χ4v) is 1.70. The van der Waals surface area contributed by atoms with Gasteiger partial charge in [0.05, 0.1) is 7.11 Å². The Morgan fingerprint density at radius 3 is 2.63 bits per heavy atom. The molecule has 0 spiro atoms. The molecule has 0 heterocycles. The van der Waals surface area contributed by atoms with E-state index in [1.165, 1.54) is 6.08 Å². The monoisotopic (exact) mass is 258 g/mol. The highest BCUT2D eigenvalue weighted by molar-refractivity contribution is 5.74. The Kier molecular flexibility index (Phi) is 6.16. The molecular weight excluding hydrogens is 240 g/mol. The first-order valence-electron chi connectivity index (χ1n) is 5.94. The molecule has 0 aliphatic rings. The minimum Gasteiger partial charge on any atom is -0.493 e. The fourth-order valence-electron chi connectivity index (χ4n) is 1.70. The molecule has 0 saturated carbocycles. The molecule has 0 aromatic heterocycles. The van der Waals surface area contributed by atoms with Crippen LogP contribution in [0.3, 0.4) is 0 Å². The molecule has 0 bridgehead atoms. The molecule has 0 fully saturated rings. The highest BCUT2D eigenvalue weighted by Crippen LogP contribution is 2.34. The molecule has 3 nitrogen and oxygen atoms in total. The van der Waals surface area contributed by atoms with Gasteiger partial charge in [0.2, 0.25) is 0 Å². The van der Waals surface area contributed by atoms with Gasteiger partial charge in [-0.2, -0.15) is 0 Å². The minimum absolute atomic E-state index is 0.407. The largest absolute Gasteiger partial charge is 0.493 e. The van der Waals surface area contributed by atoms with E-state index in [0.717, 1.165) is 17.4 Å². The number of hydrogen-bond acceptors (Lipinski definition) is 3. The van der Waals surface area contributed by atoms with E-state index < -0.39 is 0 Å². The van der Waals surface area contributed by atoms with Gasteiger partial charge in [0.25, 0.3) is 0 Å². The van der Waals surface area contributed by atoms with Crippen molar-refractivity contribution < 1.29 is 14.3 Å². The van der Waals surface area contributed by atoms with Crippen LogP contribution in [0, 0.1) is 0 Å². The molecule has 0 radical (unpaired) electrons. The first-order chi connectivity index (χ1) is 9.26. The lowest BCUT2D eigenvalue weighted by atomic mass is 10.1. The second kappa shape index (κ2) is 7.93. The van der Waals surface area contributed by atoms with E-state index in [9.17, 15) is 4.79 Å². The van der Waals surface area contributed by atoms with Crippen LogP contribution in [-0.4, -0.2) is 20.0 Å². The van der Waals surface area contributed by atoms with Crippen LogP contribution < -0.4 is 9.47 Å². The Balaban J connectivity index is 3.25. The second-order valence-corrected chi connectivity index (χ2v) is 3.80. The van der Waals surface area contributed by atoms with Gasteiger partial charge >= 0.3 is 0 Å². The van der Waals surface area contributed by atoms with Crippen LogP contribution in [0.4, 0.5) is 0 Å². The fraction of sp³-hybridized carbons (Fsp3) is 0.188. The molecule has 0 unspecified atom stereocenters. The average Bonchev–Trinajstić information content (AvgIpc) is 2.43. The van der Waals surface area contributed by atoms with E-state index >= 15 is 0 Å². The Hall–Kier alpha value is -2.29. The van der Waals surface area contributed by atoms with E-state index in [2.05, 4.69) is 13.2 Å². The van der Waals surface area contributed by atoms with E-state index in [4.69, 9.17) is 9.47 Å². The number of benzene rings is 1. The molecule has 19 heavy (non-hydrogen) atoms. The van der Waals surface area contributed by atoms with Crippen molar-refractivity contribution >= 4 is 12.4 Å². The Morgan fingerprint density at radius 2 is 2.05 bits per heavy atom. The number of rotatable bonds is 8. The topological polar surface area (TPSA) is 35.5 Å². The number of methoxy groups -OCH3 is 1. The first-order valence-corrected chi connectivity index (χ1v) is 5.94. The van der Waals surface area contributed by atoms with E-state index in [0.29, 0.717) is 24.5 Å². The summed E-state index contributed by atoms with van der Waals surface area (Å²) in [5, 5.41) is 0. The van der Waals surface area contributed by atoms with Gasteiger partial charge in [-0.25, -0.2) is 0 Å². The molecule has 100 valence electrons. The molecule has 1 rings (SSSR count). The summed E-state index contributed by atoms with van der Waals surface area (Å²) in [7, 11) is 1.58. The van der Waals surface area contributed by atoms with E-state index in [-0.39, 0.29) is 0 Å². The third-order valence-electron chi connectivity index (χ3n) is 2.45. The third-order valence-corrected chi connectivity index (χ3v) is 2.45. The number of ether oxygens (including phenoxy) is 2. The SMILES string of the molecule is C=CCOc1c(CC=C)cc(/C=C/C=O)cc1OC. The van der Waals surface area contributed by atoms with Crippen molar-refractivity contribution in [1.82, 2.24) is 0 Å². The van der Waals surface area contributed by atoms with Crippen LogP contribution in [0.25, 0.3) is 6.08 Å². The Morgan fingerprint density at radius 1 is 1.26 bits per heavy atom. The van der Waals surface area contributed by atoms with Crippen molar-refractivity contribution in [2.24, 2.45) is 0 Å². The van der Waals surface area contributed by atoms with Crippen molar-refractivity contribution in [3.8, 4) is 11.5 Å². The normalized spacial score (nSPS) is 10.2. The number of allylic oxidation sites excluding steroid dienone is 2. The summed E-state index contributed by atoms with van der Waals surface area (Å²) in [5.74, 6) is 1.32. The van der Waals surface area contributed by atoms with Gasteiger partial charge < -0.3 is 9.47 Å². The Bertz CT molecular complexity index is 487. The maximum absolute atomic E-state index is 10.4.